The third-order valence-electron chi connectivity index (χ3n) is 5.92. The first kappa shape index (κ1) is 24.5. The van der Waals surface area contributed by atoms with Crippen molar-refractivity contribution in [2.24, 2.45) is 5.92 Å². The summed E-state index contributed by atoms with van der Waals surface area (Å²) in [6.45, 7) is 5.32. The second kappa shape index (κ2) is 10.0. The molecular formula is C22H29BrF2N2O3. The van der Waals surface area contributed by atoms with Crippen molar-refractivity contribution in [1.29, 1.82) is 0 Å². The lowest BCUT2D eigenvalue weighted by atomic mass is 9.72. The smallest absolute Gasteiger partial charge is 0.343 e. The van der Waals surface area contributed by atoms with Crippen molar-refractivity contribution in [1.82, 2.24) is 4.57 Å². The first-order chi connectivity index (χ1) is 13.8. The molecule has 1 aliphatic carbocycles. The van der Waals surface area contributed by atoms with Crippen molar-refractivity contribution in [3.05, 3.63) is 54.1 Å². The highest BCUT2D eigenvalue weighted by molar-refractivity contribution is 5.81. The molecule has 1 fully saturated rings. The number of alkyl halides is 2. The Labute approximate surface area is 186 Å². The minimum Gasteiger partial charge on any atom is -1.00 e. The van der Waals surface area contributed by atoms with Crippen LogP contribution in [0.5, 0.6) is 0 Å². The number of carbonyl (C=O) groups excluding carboxylic acids is 1. The van der Waals surface area contributed by atoms with E-state index in [1.54, 1.807) is 30.3 Å². The summed E-state index contributed by atoms with van der Waals surface area (Å²) in [5, 5.41) is 11.4. The number of rotatable bonds is 7. The van der Waals surface area contributed by atoms with E-state index in [1.165, 1.54) is 0 Å². The number of benzene rings is 1. The van der Waals surface area contributed by atoms with Gasteiger partial charge in [-0.2, -0.15) is 0 Å². The minimum atomic E-state index is -2.89. The van der Waals surface area contributed by atoms with Gasteiger partial charge in [0.2, 0.25) is 5.92 Å². The summed E-state index contributed by atoms with van der Waals surface area (Å²) >= 11 is 0. The number of aromatic nitrogens is 2. The Kier molecular flexibility index (Phi) is 8.16. The van der Waals surface area contributed by atoms with E-state index in [2.05, 4.69) is 4.57 Å². The summed E-state index contributed by atoms with van der Waals surface area (Å²) in [5.74, 6) is -3.62. The molecule has 0 amide bonds. The summed E-state index contributed by atoms with van der Waals surface area (Å²) in [7, 11) is 0. The zero-order valence-electron chi connectivity index (χ0n) is 17.4. The highest BCUT2D eigenvalue weighted by atomic mass is 79.9. The summed E-state index contributed by atoms with van der Waals surface area (Å²) < 4.78 is 37.5. The van der Waals surface area contributed by atoms with Crippen LogP contribution < -0.4 is 21.5 Å². The number of carbonyl (C=O) groups is 1. The fourth-order valence-corrected chi connectivity index (χ4v) is 4.20. The fourth-order valence-electron chi connectivity index (χ4n) is 4.20. The van der Waals surface area contributed by atoms with Gasteiger partial charge in [-0.05, 0) is 25.3 Å². The first-order valence-electron chi connectivity index (χ1n) is 10.2. The summed E-state index contributed by atoms with van der Waals surface area (Å²) in [6, 6.07) is 8.30. The van der Waals surface area contributed by atoms with Gasteiger partial charge < -0.3 is 26.8 Å². The molecule has 0 aliphatic heterocycles. The van der Waals surface area contributed by atoms with Crippen LogP contribution in [0.2, 0.25) is 0 Å². The number of imidazole rings is 1. The van der Waals surface area contributed by atoms with Crippen molar-refractivity contribution in [3.63, 3.8) is 0 Å². The molecule has 8 heteroatoms. The van der Waals surface area contributed by atoms with E-state index in [1.807, 2.05) is 30.8 Å². The van der Waals surface area contributed by atoms with Crippen LogP contribution in [-0.4, -0.2) is 28.2 Å². The average Bonchev–Trinajstić information content (AvgIpc) is 3.06. The largest absolute Gasteiger partial charge is 1.00 e. The molecule has 1 aromatic heterocycles. The van der Waals surface area contributed by atoms with E-state index in [0.29, 0.717) is 18.5 Å². The van der Waals surface area contributed by atoms with Crippen molar-refractivity contribution in [2.75, 3.05) is 6.61 Å². The number of hydrogen-bond donors (Lipinski definition) is 1. The first-order valence-corrected chi connectivity index (χ1v) is 10.2. The second-order valence-electron chi connectivity index (χ2n) is 7.74. The molecule has 0 spiro atoms. The lowest BCUT2D eigenvalue weighted by Gasteiger charge is -2.39. The minimum absolute atomic E-state index is 0. The topological polar surface area (TPSA) is 55.3 Å². The van der Waals surface area contributed by atoms with E-state index in [4.69, 9.17) is 4.74 Å². The van der Waals surface area contributed by atoms with Gasteiger partial charge in [-0.1, -0.05) is 30.3 Å². The van der Waals surface area contributed by atoms with Gasteiger partial charge in [0.15, 0.2) is 5.60 Å². The quantitative estimate of drug-likeness (QED) is 0.454. The van der Waals surface area contributed by atoms with Crippen molar-refractivity contribution >= 4 is 5.97 Å². The number of hydrogen-bond acceptors (Lipinski definition) is 3. The molecule has 2 atom stereocenters. The molecule has 0 bridgehead atoms. The number of ether oxygens (including phenoxy) is 1. The van der Waals surface area contributed by atoms with Crippen LogP contribution in [0.15, 0.2) is 42.7 Å². The molecule has 0 unspecified atom stereocenters. The molecule has 1 N–H and O–H groups in total. The number of aryl methyl sites for hydroxylation is 1. The van der Waals surface area contributed by atoms with Gasteiger partial charge in [-0.15, -0.1) is 0 Å². The molecule has 1 saturated carbocycles. The summed E-state index contributed by atoms with van der Waals surface area (Å²) in [4.78, 5) is 13.0. The Morgan fingerprint density at radius 2 is 2.07 bits per heavy atom. The van der Waals surface area contributed by atoms with Crippen LogP contribution in [0.4, 0.5) is 8.78 Å². The Hall–Kier alpha value is -1.80. The predicted molar refractivity (Wildman–Crippen MR) is 103 cm³/mol. The summed E-state index contributed by atoms with van der Waals surface area (Å²) in [6.07, 6.45) is 3.72. The van der Waals surface area contributed by atoms with Gasteiger partial charge in [0.1, 0.15) is 25.5 Å². The molecular weight excluding hydrogens is 458 g/mol. The predicted octanol–water partition coefficient (Wildman–Crippen LogP) is 0.364. The van der Waals surface area contributed by atoms with E-state index in [0.717, 1.165) is 12.4 Å². The van der Waals surface area contributed by atoms with Gasteiger partial charge in [-0.25, -0.2) is 22.7 Å². The fraction of sp³-hybridized carbons (Fsp3) is 0.545. The van der Waals surface area contributed by atoms with E-state index in [9.17, 15) is 18.7 Å². The Bertz CT molecular complexity index is 844. The van der Waals surface area contributed by atoms with E-state index < -0.39 is 29.8 Å². The zero-order chi connectivity index (χ0) is 21.1. The van der Waals surface area contributed by atoms with Crippen molar-refractivity contribution in [3.8, 4) is 0 Å². The standard InChI is InChI=1S/C22H29F2N2O3.BrH/c1-3-25-12-13-26(17(25)2)14-15-29-20(27)22(28,18-8-5-4-6-9-18)19-10-7-11-21(23,24)16-19;/h4-6,8-9,12-13,19,28H,3,7,10-11,14-16H2,1-2H3;1H/q+1;/p-1/t19-,22-;/m0./s1. The number of esters is 1. The van der Waals surface area contributed by atoms with Gasteiger partial charge >= 0.3 is 5.97 Å². The maximum absolute atomic E-state index is 14.0. The Morgan fingerprint density at radius 3 is 2.67 bits per heavy atom. The monoisotopic (exact) mass is 486 g/mol. The SMILES string of the molecule is CC[n+]1ccn(CCOC(=O)[C@](O)(c2ccccc2)[C@H]2CCCC(F)(F)C2)c1C.[Br-]. The molecule has 1 aliphatic rings. The number of aliphatic hydroxyl groups is 1. The van der Waals surface area contributed by atoms with Gasteiger partial charge in [0.05, 0.1) is 6.54 Å². The maximum Gasteiger partial charge on any atom is 0.343 e. The van der Waals surface area contributed by atoms with Gasteiger partial charge in [-0.3, -0.25) is 0 Å². The zero-order valence-corrected chi connectivity index (χ0v) is 18.9. The lowest BCUT2D eigenvalue weighted by Crippen LogP contribution is -3.00. The maximum atomic E-state index is 14.0. The van der Waals surface area contributed by atoms with Crippen LogP contribution in [0, 0.1) is 12.8 Å². The van der Waals surface area contributed by atoms with Crippen LogP contribution in [0.25, 0.3) is 0 Å². The highest BCUT2D eigenvalue weighted by Gasteiger charge is 2.52. The van der Waals surface area contributed by atoms with Gasteiger partial charge in [0, 0.05) is 25.7 Å². The average molecular weight is 487 g/mol. The normalized spacial score (nSPS) is 20.1. The molecule has 1 heterocycles. The van der Waals surface area contributed by atoms with E-state index >= 15 is 0 Å². The Morgan fingerprint density at radius 1 is 1.37 bits per heavy atom. The Balaban J connectivity index is 0.00000320. The molecule has 166 valence electrons. The molecule has 1 aromatic carbocycles. The van der Waals surface area contributed by atoms with Crippen LogP contribution in [-0.2, 0) is 28.2 Å². The molecule has 0 saturated heterocycles. The number of halogens is 3. The molecule has 5 nitrogen and oxygen atoms in total. The van der Waals surface area contributed by atoms with Crippen LogP contribution >= 0.6 is 0 Å². The summed E-state index contributed by atoms with van der Waals surface area (Å²) in [5.41, 5.74) is -1.78. The third kappa shape index (κ3) is 5.09. The number of nitrogens with zero attached hydrogens (tertiary/aromatic N) is 2. The van der Waals surface area contributed by atoms with Crippen molar-refractivity contribution < 1.29 is 45.0 Å². The third-order valence-corrected chi connectivity index (χ3v) is 5.92. The molecule has 3 rings (SSSR count). The molecule has 2 aromatic rings. The van der Waals surface area contributed by atoms with Crippen LogP contribution in [0.1, 0.15) is 44.0 Å². The second-order valence-corrected chi connectivity index (χ2v) is 7.74. The van der Waals surface area contributed by atoms with E-state index in [-0.39, 0.29) is 36.4 Å². The van der Waals surface area contributed by atoms with Gasteiger partial charge in [0.25, 0.3) is 5.82 Å². The van der Waals surface area contributed by atoms with Crippen molar-refractivity contribution in [2.45, 2.75) is 64.1 Å². The highest BCUT2D eigenvalue weighted by Crippen LogP contribution is 2.45. The molecule has 0 radical (unpaired) electrons. The van der Waals surface area contributed by atoms with Crippen LogP contribution in [0.3, 0.4) is 0 Å². The lowest BCUT2D eigenvalue weighted by molar-refractivity contribution is -0.699. The molecule has 30 heavy (non-hydrogen) atoms.